The molecule has 0 aliphatic rings. The molecule has 0 radical (unpaired) electrons. The molecule has 0 aromatic carbocycles. The Morgan fingerprint density at radius 2 is 0.688 bits per heavy atom. The van der Waals surface area contributed by atoms with Gasteiger partial charge in [-0.2, -0.15) is 0 Å². The summed E-state index contributed by atoms with van der Waals surface area (Å²) in [5, 5.41) is 22.7. The smallest absolute Gasteiger partial charge is 0.550 e. The van der Waals surface area contributed by atoms with E-state index in [1.807, 2.05) is 0 Å². The fourth-order valence-electron chi connectivity index (χ4n) is 4.24. The Kier molecular flexibility index (Phi) is 33.0. The van der Waals surface area contributed by atoms with Gasteiger partial charge in [0.2, 0.25) is 0 Å². The second kappa shape index (κ2) is 28.2. The molecule has 0 spiro atoms. The third kappa shape index (κ3) is 24.1. The van der Waals surface area contributed by atoms with Gasteiger partial charge in [0.15, 0.2) is 0 Å². The second-order valence-electron chi connectivity index (χ2n) is 9.14. The third-order valence-electron chi connectivity index (χ3n) is 6.33. The number of hydrogen-bond donors (Lipinski definition) is 0. The molecule has 0 heterocycles. The molecule has 0 saturated heterocycles. The molecule has 178 valence electrons. The van der Waals surface area contributed by atoms with E-state index in [0.29, 0.717) is 12.8 Å². The summed E-state index contributed by atoms with van der Waals surface area (Å²) in [5.41, 5.74) is 0. The van der Waals surface area contributed by atoms with Crippen molar-refractivity contribution in [2.24, 2.45) is 11.8 Å². The summed E-state index contributed by atoms with van der Waals surface area (Å²) >= 11 is 0. The fourth-order valence-corrected chi connectivity index (χ4v) is 4.24. The standard InChI is InChI=1S/C26H50O4.2Na/c1-3-5-7-9-11-15-19-23(25(27)28)21-17-13-14-18-22-24(26(29)30)20-16-12-10-8-6-4-2;;/h23-24H,3-22H2,1-2H3,(H,27,28)(H,29,30);;/q;2*+1/p-2. The Labute approximate surface area is 243 Å². The van der Waals surface area contributed by atoms with E-state index in [9.17, 15) is 19.8 Å². The maximum absolute atomic E-state index is 11.3. The number of carboxylic acids is 2. The topological polar surface area (TPSA) is 80.3 Å². The molecule has 0 saturated carbocycles. The normalized spacial score (nSPS) is 12.4. The number of carbonyl (C=O) groups is 2. The molecule has 4 nitrogen and oxygen atoms in total. The van der Waals surface area contributed by atoms with Crippen molar-refractivity contribution in [3.05, 3.63) is 0 Å². The van der Waals surface area contributed by atoms with Crippen LogP contribution < -0.4 is 69.3 Å². The first kappa shape index (κ1) is 37.5. The first-order valence-corrected chi connectivity index (χ1v) is 12.9. The number of hydrogen-bond acceptors (Lipinski definition) is 4. The first-order chi connectivity index (χ1) is 14.5. The SMILES string of the molecule is CCCCCCCCC(CCCCCCC(CCCCCCCC)C(=O)[O-])C(=O)[O-].[Na+].[Na+]. The van der Waals surface area contributed by atoms with Gasteiger partial charge in [-0.05, 0) is 37.5 Å². The van der Waals surface area contributed by atoms with Crippen molar-refractivity contribution in [3.8, 4) is 0 Å². The number of carboxylic acid groups (broad SMARTS) is 2. The molecule has 0 N–H and O–H groups in total. The molecule has 32 heavy (non-hydrogen) atoms. The molecule has 0 aromatic heterocycles. The summed E-state index contributed by atoms with van der Waals surface area (Å²) in [4.78, 5) is 22.7. The van der Waals surface area contributed by atoms with Crippen LogP contribution in [0.1, 0.15) is 142 Å². The number of rotatable bonds is 23. The molecule has 2 unspecified atom stereocenters. The van der Waals surface area contributed by atoms with Gasteiger partial charge in [0.1, 0.15) is 0 Å². The van der Waals surface area contributed by atoms with E-state index >= 15 is 0 Å². The van der Waals surface area contributed by atoms with Crippen molar-refractivity contribution in [1.82, 2.24) is 0 Å². The van der Waals surface area contributed by atoms with Gasteiger partial charge in [-0.1, -0.05) is 117 Å². The van der Waals surface area contributed by atoms with Crippen molar-refractivity contribution < 1.29 is 78.9 Å². The number of carbonyl (C=O) groups excluding carboxylic acids is 2. The van der Waals surface area contributed by atoms with E-state index in [-0.39, 0.29) is 71.0 Å². The molecule has 0 bridgehead atoms. The summed E-state index contributed by atoms with van der Waals surface area (Å²) in [6.07, 6.45) is 20.7. The van der Waals surface area contributed by atoms with Gasteiger partial charge < -0.3 is 19.8 Å². The summed E-state index contributed by atoms with van der Waals surface area (Å²) in [5.74, 6) is -2.45. The third-order valence-corrected chi connectivity index (χ3v) is 6.33. The zero-order valence-corrected chi connectivity index (χ0v) is 25.9. The molecule has 0 aliphatic heterocycles. The Balaban J connectivity index is -0.00000420. The van der Waals surface area contributed by atoms with Crippen molar-refractivity contribution in [2.45, 2.75) is 142 Å². The van der Waals surface area contributed by atoms with E-state index < -0.39 is 11.9 Å². The quantitative estimate of drug-likeness (QED) is 0.150. The largest absolute Gasteiger partial charge is 1.00 e. The van der Waals surface area contributed by atoms with Crippen LogP contribution in [-0.4, -0.2) is 11.9 Å². The van der Waals surface area contributed by atoms with Crippen molar-refractivity contribution in [1.29, 1.82) is 0 Å². The molecule has 0 amide bonds. The minimum atomic E-state index is -0.903. The minimum Gasteiger partial charge on any atom is -0.550 e. The van der Waals surface area contributed by atoms with Crippen molar-refractivity contribution >= 4 is 11.9 Å². The second-order valence-corrected chi connectivity index (χ2v) is 9.14. The zero-order chi connectivity index (χ0) is 22.5. The van der Waals surface area contributed by atoms with E-state index in [1.54, 1.807) is 0 Å². The minimum absolute atomic E-state index is 0. The molecule has 0 rings (SSSR count). The van der Waals surface area contributed by atoms with Crippen LogP contribution in [0.3, 0.4) is 0 Å². The molecule has 0 aromatic rings. The van der Waals surface area contributed by atoms with Crippen LogP contribution >= 0.6 is 0 Å². The van der Waals surface area contributed by atoms with Crippen LogP contribution in [0.25, 0.3) is 0 Å². The Morgan fingerprint density at radius 1 is 0.469 bits per heavy atom. The van der Waals surface area contributed by atoms with Crippen LogP contribution in [0.4, 0.5) is 0 Å². The van der Waals surface area contributed by atoms with E-state index in [1.165, 1.54) is 51.4 Å². The molecular weight excluding hydrogens is 422 g/mol. The Morgan fingerprint density at radius 3 is 0.906 bits per heavy atom. The van der Waals surface area contributed by atoms with Gasteiger partial charge in [0.25, 0.3) is 0 Å². The van der Waals surface area contributed by atoms with Gasteiger partial charge in [0, 0.05) is 11.9 Å². The summed E-state index contributed by atoms with van der Waals surface area (Å²) in [6.45, 7) is 4.39. The van der Waals surface area contributed by atoms with E-state index in [2.05, 4.69) is 13.8 Å². The van der Waals surface area contributed by atoms with Gasteiger partial charge in [-0.15, -0.1) is 0 Å². The summed E-state index contributed by atoms with van der Waals surface area (Å²) < 4.78 is 0. The predicted octanol–water partition coefficient (Wildman–Crippen LogP) is -0.432. The van der Waals surface area contributed by atoms with Gasteiger partial charge in [-0.25, -0.2) is 0 Å². The summed E-state index contributed by atoms with van der Waals surface area (Å²) in [7, 11) is 0. The average molecular weight is 471 g/mol. The van der Waals surface area contributed by atoms with Crippen molar-refractivity contribution in [2.75, 3.05) is 0 Å². The van der Waals surface area contributed by atoms with Crippen LogP contribution in [0.2, 0.25) is 0 Å². The van der Waals surface area contributed by atoms with Gasteiger partial charge >= 0.3 is 59.1 Å². The number of unbranched alkanes of at least 4 members (excludes halogenated alkanes) is 13. The van der Waals surface area contributed by atoms with Crippen molar-refractivity contribution in [3.63, 3.8) is 0 Å². The first-order valence-electron chi connectivity index (χ1n) is 12.9. The fraction of sp³-hybridized carbons (Fsp3) is 0.923. The van der Waals surface area contributed by atoms with Gasteiger partial charge in [-0.3, -0.25) is 0 Å². The zero-order valence-electron chi connectivity index (χ0n) is 21.9. The Hall–Kier alpha value is 0.940. The molecule has 2 atom stereocenters. The van der Waals surface area contributed by atoms with Crippen LogP contribution in [0, 0.1) is 11.8 Å². The molecule has 0 fully saturated rings. The summed E-state index contributed by atoms with van der Waals surface area (Å²) in [6, 6.07) is 0. The maximum atomic E-state index is 11.3. The van der Waals surface area contributed by atoms with Crippen LogP contribution in [0.5, 0.6) is 0 Å². The molecule has 0 aliphatic carbocycles. The van der Waals surface area contributed by atoms with Crippen LogP contribution in [-0.2, 0) is 9.59 Å². The Bertz CT molecular complexity index is 381. The monoisotopic (exact) mass is 470 g/mol. The van der Waals surface area contributed by atoms with E-state index in [0.717, 1.165) is 64.2 Å². The van der Waals surface area contributed by atoms with Crippen LogP contribution in [0.15, 0.2) is 0 Å². The van der Waals surface area contributed by atoms with E-state index in [4.69, 9.17) is 0 Å². The number of aliphatic carboxylic acids is 2. The van der Waals surface area contributed by atoms with Gasteiger partial charge in [0.05, 0.1) is 0 Å². The maximum Gasteiger partial charge on any atom is 1.00 e. The predicted molar refractivity (Wildman–Crippen MR) is 121 cm³/mol. The average Bonchev–Trinajstić information content (AvgIpc) is 2.71. The molecular formula is C26H48Na2O4. The molecule has 6 heteroatoms.